The summed E-state index contributed by atoms with van der Waals surface area (Å²) in [5.74, 6) is -0.426. The van der Waals surface area contributed by atoms with Gasteiger partial charge >= 0.3 is 0 Å². The van der Waals surface area contributed by atoms with Gasteiger partial charge in [0.1, 0.15) is 11.5 Å². The SMILES string of the molecule is Cc1cccc(-c2nn(-c3ccc(F)cc3)cc2C(=O)NC2CCN(C)CC2)c1. The molecular weight excluding hydrogens is 367 g/mol. The van der Waals surface area contributed by atoms with Crippen LogP contribution < -0.4 is 5.32 Å². The standard InChI is InChI=1S/C23H25FN4O/c1-16-4-3-5-17(14-16)22-21(23(29)25-19-10-12-27(2)13-11-19)15-28(26-22)20-8-6-18(24)7-9-20/h3-9,14-15,19H,10-13H2,1-2H3,(H,25,29). The van der Waals surface area contributed by atoms with Gasteiger partial charge in [-0.05, 0) is 70.2 Å². The molecule has 3 aromatic rings. The number of carbonyl (C=O) groups excluding carboxylic acids is 1. The highest BCUT2D eigenvalue weighted by atomic mass is 19.1. The van der Waals surface area contributed by atoms with Crippen LogP contribution in [0.25, 0.3) is 16.9 Å². The average Bonchev–Trinajstić information content (AvgIpc) is 3.16. The minimum atomic E-state index is -0.306. The van der Waals surface area contributed by atoms with E-state index in [1.165, 1.54) is 12.1 Å². The number of halogens is 1. The molecule has 6 heteroatoms. The van der Waals surface area contributed by atoms with Crippen molar-refractivity contribution in [2.75, 3.05) is 20.1 Å². The molecule has 0 radical (unpaired) electrons. The predicted octanol–water partition coefficient (Wildman–Crippen LogP) is 3.81. The van der Waals surface area contributed by atoms with Gasteiger partial charge in [0.15, 0.2) is 0 Å². The van der Waals surface area contributed by atoms with E-state index in [1.54, 1.807) is 23.0 Å². The maximum Gasteiger partial charge on any atom is 0.255 e. The molecule has 150 valence electrons. The Morgan fingerprint density at radius 2 is 1.86 bits per heavy atom. The average molecular weight is 392 g/mol. The minimum Gasteiger partial charge on any atom is -0.349 e. The Kier molecular flexibility index (Phi) is 5.45. The van der Waals surface area contributed by atoms with E-state index in [4.69, 9.17) is 0 Å². The van der Waals surface area contributed by atoms with Crippen LogP contribution in [0, 0.1) is 12.7 Å². The lowest BCUT2D eigenvalue weighted by Crippen LogP contribution is -2.43. The van der Waals surface area contributed by atoms with Crippen molar-refractivity contribution in [3.63, 3.8) is 0 Å². The number of nitrogens with zero attached hydrogens (tertiary/aromatic N) is 3. The first kappa shape index (κ1) is 19.3. The van der Waals surface area contributed by atoms with Crippen molar-refractivity contribution in [2.45, 2.75) is 25.8 Å². The number of aryl methyl sites for hydroxylation is 1. The van der Waals surface area contributed by atoms with Gasteiger partial charge in [-0.25, -0.2) is 9.07 Å². The van der Waals surface area contributed by atoms with Gasteiger partial charge in [0, 0.05) is 17.8 Å². The molecule has 1 fully saturated rings. The molecular formula is C23H25FN4O. The van der Waals surface area contributed by atoms with Gasteiger partial charge in [-0.15, -0.1) is 0 Å². The molecule has 1 N–H and O–H groups in total. The van der Waals surface area contributed by atoms with E-state index in [1.807, 2.05) is 31.2 Å². The molecule has 1 aromatic heterocycles. The molecule has 5 nitrogen and oxygen atoms in total. The molecule has 0 aliphatic carbocycles. The van der Waals surface area contributed by atoms with Crippen LogP contribution in [0.15, 0.2) is 54.7 Å². The van der Waals surface area contributed by atoms with Crippen LogP contribution in [0.2, 0.25) is 0 Å². The van der Waals surface area contributed by atoms with E-state index in [0.717, 1.165) is 37.1 Å². The summed E-state index contributed by atoms with van der Waals surface area (Å²) >= 11 is 0. The molecule has 2 heterocycles. The van der Waals surface area contributed by atoms with Crippen LogP contribution in [-0.2, 0) is 0 Å². The number of hydrogen-bond donors (Lipinski definition) is 1. The maximum atomic E-state index is 13.3. The van der Waals surface area contributed by atoms with E-state index in [9.17, 15) is 9.18 Å². The van der Waals surface area contributed by atoms with Crippen LogP contribution in [-0.4, -0.2) is 46.8 Å². The molecule has 0 atom stereocenters. The third kappa shape index (κ3) is 4.38. The molecule has 1 saturated heterocycles. The second-order valence-electron chi connectivity index (χ2n) is 7.73. The number of aromatic nitrogens is 2. The van der Waals surface area contributed by atoms with Gasteiger partial charge in [0.05, 0.1) is 11.3 Å². The van der Waals surface area contributed by atoms with Gasteiger partial charge in [-0.1, -0.05) is 23.8 Å². The number of nitrogens with one attached hydrogen (secondary N) is 1. The minimum absolute atomic E-state index is 0.121. The topological polar surface area (TPSA) is 50.2 Å². The Bertz CT molecular complexity index is 1000. The third-order valence-corrected chi connectivity index (χ3v) is 5.40. The van der Waals surface area contributed by atoms with Gasteiger partial charge in [0.2, 0.25) is 0 Å². The fourth-order valence-corrected chi connectivity index (χ4v) is 3.69. The number of hydrogen-bond acceptors (Lipinski definition) is 3. The van der Waals surface area contributed by atoms with Crippen LogP contribution in [0.1, 0.15) is 28.8 Å². The fraction of sp³-hybridized carbons (Fsp3) is 0.304. The molecule has 0 saturated carbocycles. The molecule has 29 heavy (non-hydrogen) atoms. The third-order valence-electron chi connectivity index (χ3n) is 5.40. The Labute approximate surface area is 170 Å². The fourth-order valence-electron chi connectivity index (χ4n) is 3.69. The van der Waals surface area contributed by atoms with Crippen molar-refractivity contribution >= 4 is 5.91 Å². The first-order chi connectivity index (χ1) is 14.0. The van der Waals surface area contributed by atoms with E-state index in [0.29, 0.717) is 16.9 Å². The Morgan fingerprint density at radius 3 is 2.55 bits per heavy atom. The Hall–Kier alpha value is -2.99. The lowest BCUT2D eigenvalue weighted by Gasteiger charge is -2.29. The highest BCUT2D eigenvalue weighted by molar-refractivity contribution is 6.00. The maximum absolute atomic E-state index is 13.3. The summed E-state index contributed by atoms with van der Waals surface area (Å²) in [6, 6.07) is 14.2. The first-order valence-electron chi connectivity index (χ1n) is 9.91. The van der Waals surface area contributed by atoms with Crippen LogP contribution in [0.3, 0.4) is 0 Å². The van der Waals surface area contributed by atoms with Crippen molar-refractivity contribution in [2.24, 2.45) is 0 Å². The highest BCUT2D eigenvalue weighted by Crippen LogP contribution is 2.25. The van der Waals surface area contributed by atoms with Crippen molar-refractivity contribution in [1.82, 2.24) is 20.0 Å². The molecule has 1 aliphatic heterocycles. The lowest BCUT2D eigenvalue weighted by atomic mass is 10.0. The monoisotopic (exact) mass is 392 g/mol. The summed E-state index contributed by atoms with van der Waals surface area (Å²) in [6.45, 7) is 3.97. The second-order valence-corrected chi connectivity index (χ2v) is 7.73. The van der Waals surface area contributed by atoms with Gasteiger partial charge in [0.25, 0.3) is 5.91 Å². The lowest BCUT2D eigenvalue weighted by molar-refractivity contribution is 0.0917. The summed E-state index contributed by atoms with van der Waals surface area (Å²) in [7, 11) is 2.10. The molecule has 4 rings (SSSR count). The summed E-state index contributed by atoms with van der Waals surface area (Å²) in [5.41, 5.74) is 3.85. The highest BCUT2D eigenvalue weighted by Gasteiger charge is 2.23. The van der Waals surface area contributed by atoms with E-state index < -0.39 is 0 Å². The summed E-state index contributed by atoms with van der Waals surface area (Å²) < 4.78 is 15.0. The summed E-state index contributed by atoms with van der Waals surface area (Å²) in [6.07, 6.45) is 3.61. The number of benzene rings is 2. The molecule has 2 aromatic carbocycles. The smallest absolute Gasteiger partial charge is 0.255 e. The zero-order valence-corrected chi connectivity index (χ0v) is 16.7. The molecule has 0 spiro atoms. The van der Waals surface area contributed by atoms with Crippen LogP contribution in [0.4, 0.5) is 4.39 Å². The Morgan fingerprint density at radius 1 is 1.14 bits per heavy atom. The predicted molar refractivity (Wildman–Crippen MR) is 112 cm³/mol. The van der Waals surface area contributed by atoms with Crippen molar-refractivity contribution in [1.29, 1.82) is 0 Å². The van der Waals surface area contributed by atoms with Gasteiger partial charge in [-0.3, -0.25) is 4.79 Å². The van der Waals surface area contributed by atoms with Gasteiger partial charge in [-0.2, -0.15) is 5.10 Å². The van der Waals surface area contributed by atoms with Crippen molar-refractivity contribution in [3.05, 3.63) is 71.7 Å². The number of amides is 1. The molecule has 1 aliphatic rings. The largest absolute Gasteiger partial charge is 0.349 e. The quantitative estimate of drug-likeness (QED) is 0.735. The molecule has 0 bridgehead atoms. The zero-order valence-electron chi connectivity index (χ0n) is 16.7. The zero-order chi connectivity index (χ0) is 20.4. The van der Waals surface area contributed by atoms with Crippen LogP contribution >= 0.6 is 0 Å². The number of rotatable bonds is 4. The molecule has 1 amide bonds. The molecule has 0 unspecified atom stereocenters. The second kappa shape index (κ2) is 8.17. The normalized spacial score (nSPS) is 15.4. The van der Waals surface area contributed by atoms with Crippen LogP contribution in [0.5, 0.6) is 0 Å². The van der Waals surface area contributed by atoms with Crippen molar-refractivity contribution < 1.29 is 9.18 Å². The number of piperidine rings is 1. The number of carbonyl (C=O) groups is 1. The summed E-state index contributed by atoms with van der Waals surface area (Å²) in [5, 5.41) is 7.85. The summed E-state index contributed by atoms with van der Waals surface area (Å²) in [4.78, 5) is 15.4. The van der Waals surface area contributed by atoms with Gasteiger partial charge < -0.3 is 10.2 Å². The van der Waals surface area contributed by atoms with Crippen molar-refractivity contribution in [3.8, 4) is 16.9 Å². The van der Waals surface area contributed by atoms with E-state index >= 15 is 0 Å². The number of likely N-dealkylation sites (tertiary alicyclic amines) is 1. The van der Waals surface area contributed by atoms with E-state index in [-0.39, 0.29) is 17.8 Å². The Balaban J connectivity index is 1.68. The first-order valence-corrected chi connectivity index (χ1v) is 9.91. The van der Waals surface area contributed by atoms with E-state index in [2.05, 4.69) is 22.4 Å².